The molecule has 0 amide bonds. The van der Waals surface area contributed by atoms with E-state index in [0.717, 1.165) is 0 Å². The van der Waals surface area contributed by atoms with Gasteiger partial charge in [-0.15, -0.1) is 11.3 Å². The third-order valence-electron chi connectivity index (χ3n) is 1.47. The normalized spacial score (nSPS) is 12.1. The Hall–Kier alpha value is -0.620. The number of aryl methyl sites for hydroxylation is 1. The highest BCUT2D eigenvalue weighted by Gasteiger charge is 2.35. The number of halogens is 3. The molecule has 0 aliphatic heterocycles. The first kappa shape index (κ1) is 10.5. The summed E-state index contributed by atoms with van der Waals surface area (Å²) in [7, 11) is 1.69. The fourth-order valence-electron chi connectivity index (χ4n) is 0.874. The Morgan fingerprint density at radius 1 is 1.46 bits per heavy atom. The van der Waals surface area contributed by atoms with Crippen LogP contribution in [0.5, 0.6) is 0 Å². The van der Waals surface area contributed by atoms with Crippen LogP contribution in [-0.2, 0) is 12.7 Å². The average Bonchev–Trinajstić information content (AvgIpc) is 2.32. The second-order valence-electron chi connectivity index (χ2n) is 2.56. The van der Waals surface area contributed by atoms with Gasteiger partial charge in [0.1, 0.15) is 0 Å². The molecule has 0 bridgehead atoms. The first-order valence-electron chi connectivity index (χ1n) is 3.63. The Morgan fingerprint density at radius 3 is 2.46 bits per heavy atom. The van der Waals surface area contributed by atoms with E-state index < -0.39 is 11.2 Å². The lowest BCUT2D eigenvalue weighted by atomic mass is 10.4. The Morgan fingerprint density at radius 2 is 2.08 bits per heavy atom. The van der Waals surface area contributed by atoms with Crippen LogP contribution in [0, 0.1) is 6.92 Å². The van der Waals surface area contributed by atoms with Crippen LogP contribution < -0.4 is 5.32 Å². The van der Waals surface area contributed by atoms with Crippen LogP contribution in [0.4, 0.5) is 13.2 Å². The molecule has 0 aromatic carbocycles. The number of hydrogen-bond donors (Lipinski definition) is 1. The summed E-state index contributed by atoms with van der Waals surface area (Å²) in [4.78, 5) is 4.09. The second kappa shape index (κ2) is 3.63. The smallest absolute Gasteiger partial charge is 0.315 e. The summed E-state index contributed by atoms with van der Waals surface area (Å²) in [5.74, 6) is 0. The fraction of sp³-hybridized carbons (Fsp3) is 0.571. The summed E-state index contributed by atoms with van der Waals surface area (Å²) < 4.78 is 36.4. The summed E-state index contributed by atoms with van der Waals surface area (Å²) in [6.45, 7) is 2.01. The van der Waals surface area contributed by atoms with Gasteiger partial charge in [0, 0.05) is 11.4 Å². The zero-order valence-corrected chi connectivity index (χ0v) is 8.01. The molecule has 1 N–H and O–H groups in total. The molecule has 0 aliphatic rings. The summed E-state index contributed by atoms with van der Waals surface area (Å²) in [5.41, 5.74) is 0.451. The lowest BCUT2D eigenvalue weighted by molar-refractivity contribution is -0.137. The van der Waals surface area contributed by atoms with Crippen LogP contribution in [-0.4, -0.2) is 12.0 Å². The zero-order chi connectivity index (χ0) is 10.1. The number of nitrogens with zero attached hydrogens (tertiary/aromatic N) is 1. The topological polar surface area (TPSA) is 24.9 Å². The molecular weight excluding hydrogens is 201 g/mol. The second-order valence-corrected chi connectivity index (χ2v) is 3.64. The molecule has 0 atom stereocenters. The first-order valence-corrected chi connectivity index (χ1v) is 4.45. The van der Waals surface area contributed by atoms with E-state index in [1.54, 1.807) is 14.0 Å². The molecule has 74 valence electrons. The van der Waals surface area contributed by atoms with Crippen molar-refractivity contribution in [2.75, 3.05) is 7.05 Å². The van der Waals surface area contributed by atoms with Crippen molar-refractivity contribution in [2.24, 2.45) is 0 Å². The van der Waals surface area contributed by atoms with Crippen LogP contribution in [0.1, 0.15) is 15.6 Å². The van der Waals surface area contributed by atoms with E-state index in [4.69, 9.17) is 0 Å². The fourth-order valence-corrected chi connectivity index (χ4v) is 1.82. The summed E-state index contributed by atoms with van der Waals surface area (Å²) in [5, 5.41) is 2.02. The van der Waals surface area contributed by atoms with Gasteiger partial charge in [0.05, 0.1) is 5.69 Å². The van der Waals surface area contributed by atoms with E-state index in [1.165, 1.54) is 0 Å². The third-order valence-corrected chi connectivity index (χ3v) is 2.67. The molecule has 0 radical (unpaired) electrons. The molecule has 0 unspecified atom stereocenters. The average molecular weight is 210 g/mol. The minimum absolute atomic E-state index is 0.430. The van der Waals surface area contributed by atoms with Crippen molar-refractivity contribution in [2.45, 2.75) is 19.6 Å². The van der Waals surface area contributed by atoms with Gasteiger partial charge in [0.15, 0.2) is 5.01 Å². The maximum Gasteiger partial charge on any atom is 0.443 e. The van der Waals surface area contributed by atoms with Gasteiger partial charge in [-0.05, 0) is 14.0 Å². The number of hydrogen-bond acceptors (Lipinski definition) is 3. The van der Waals surface area contributed by atoms with Gasteiger partial charge in [-0.2, -0.15) is 13.2 Å². The molecule has 0 spiro atoms. The van der Waals surface area contributed by atoms with Gasteiger partial charge < -0.3 is 5.32 Å². The molecule has 13 heavy (non-hydrogen) atoms. The predicted molar refractivity (Wildman–Crippen MR) is 44.6 cm³/mol. The van der Waals surface area contributed by atoms with E-state index in [1.807, 2.05) is 0 Å². The van der Waals surface area contributed by atoms with Crippen molar-refractivity contribution >= 4 is 11.3 Å². The Bertz CT molecular complexity index is 292. The summed E-state index contributed by atoms with van der Waals surface area (Å²) in [6, 6.07) is 0. The van der Waals surface area contributed by atoms with Crippen molar-refractivity contribution in [3.05, 3.63) is 15.6 Å². The Labute approximate surface area is 77.8 Å². The molecular formula is C7H9F3N2S. The van der Waals surface area contributed by atoms with E-state index in [-0.39, 0.29) is 0 Å². The van der Waals surface area contributed by atoms with Gasteiger partial charge >= 0.3 is 6.18 Å². The minimum atomic E-state index is -4.32. The quantitative estimate of drug-likeness (QED) is 0.809. The zero-order valence-electron chi connectivity index (χ0n) is 7.20. The highest BCUT2D eigenvalue weighted by Crippen LogP contribution is 2.33. The molecule has 1 heterocycles. The largest absolute Gasteiger partial charge is 0.443 e. The van der Waals surface area contributed by atoms with Crippen molar-refractivity contribution in [1.82, 2.24) is 10.3 Å². The molecule has 1 rings (SSSR count). The molecule has 1 aromatic rings. The van der Waals surface area contributed by atoms with Gasteiger partial charge in [-0.25, -0.2) is 4.98 Å². The van der Waals surface area contributed by atoms with E-state index in [9.17, 15) is 13.2 Å². The van der Waals surface area contributed by atoms with Gasteiger partial charge in [-0.3, -0.25) is 0 Å². The highest BCUT2D eigenvalue weighted by atomic mass is 32.1. The highest BCUT2D eigenvalue weighted by molar-refractivity contribution is 7.11. The number of alkyl halides is 3. The van der Waals surface area contributed by atoms with Gasteiger partial charge in [-0.1, -0.05) is 0 Å². The Balaban J connectivity index is 2.95. The summed E-state index contributed by atoms with van der Waals surface area (Å²) in [6.07, 6.45) is -4.32. The molecule has 0 saturated carbocycles. The van der Waals surface area contributed by atoms with Crippen molar-refractivity contribution in [3.8, 4) is 0 Å². The van der Waals surface area contributed by atoms with Crippen molar-refractivity contribution in [3.63, 3.8) is 0 Å². The molecule has 1 aromatic heterocycles. The van der Waals surface area contributed by atoms with Gasteiger partial charge in [0.25, 0.3) is 0 Å². The number of nitrogens with one attached hydrogen (secondary N) is 1. The van der Waals surface area contributed by atoms with Crippen molar-refractivity contribution < 1.29 is 13.2 Å². The predicted octanol–water partition coefficient (Wildman–Crippen LogP) is 2.19. The van der Waals surface area contributed by atoms with Crippen LogP contribution in [0.3, 0.4) is 0 Å². The van der Waals surface area contributed by atoms with Crippen molar-refractivity contribution in [1.29, 1.82) is 0 Å². The van der Waals surface area contributed by atoms with Crippen LogP contribution in [0.15, 0.2) is 0 Å². The molecule has 0 saturated heterocycles. The van der Waals surface area contributed by atoms with E-state index in [2.05, 4.69) is 10.3 Å². The van der Waals surface area contributed by atoms with Crippen LogP contribution in [0.25, 0.3) is 0 Å². The van der Waals surface area contributed by atoms with Crippen LogP contribution in [0.2, 0.25) is 0 Å². The lowest BCUT2D eigenvalue weighted by Gasteiger charge is -1.98. The number of aromatic nitrogens is 1. The lowest BCUT2D eigenvalue weighted by Crippen LogP contribution is -2.04. The molecule has 2 nitrogen and oxygen atoms in total. The molecule has 0 fully saturated rings. The monoisotopic (exact) mass is 210 g/mol. The minimum Gasteiger partial charge on any atom is -0.315 e. The first-order chi connectivity index (χ1) is 5.95. The maximum absolute atomic E-state index is 12.1. The van der Waals surface area contributed by atoms with E-state index in [0.29, 0.717) is 28.5 Å². The Kier molecular flexibility index (Phi) is 2.92. The van der Waals surface area contributed by atoms with Crippen LogP contribution >= 0.6 is 11.3 Å². The molecule has 0 aliphatic carbocycles. The third kappa shape index (κ3) is 2.41. The van der Waals surface area contributed by atoms with Gasteiger partial charge in [0.2, 0.25) is 0 Å². The van der Waals surface area contributed by atoms with E-state index >= 15 is 0 Å². The number of thiazole rings is 1. The summed E-state index contributed by atoms with van der Waals surface area (Å²) >= 11 is 0.692. The standard InChI is InChI=1S/C7H9F3N2S/c1-4-5(3-11-2)13-6(12-4)7(8,9)10/h11H,3H2,1-2H3. The maximum atomic E-state index is 12.1. The molecule has 6 heteroatoms. The SMILES string of the molecule is CNCc1sc(C(F)(F)F)nc1C. The number of rotatable bonds is 2.